The summed E-state index contributed by atoms with van der Waals surface area (Å²) in [6.45, 7) is 2.09. The van der Waals surface area contributed by atoms with Crippen molar-refractivity contribution in [2.24, 2.45) is 11.7 Å². The van der Waals surface area contributed by atoms with Crippen molar-refractivity contribution in [3.8, 4) is 0 Å². The van der Waals surface area contributed by atoms with Gasteiger partial charge in [0.2, 0.25) is 0 Å². The van der Waals surface area contributed by atoms with Gasteiger partial charge in [-0.25, -0.2) is 0 Å². The normalized spacial score (nSPS) is 18.3. The van der Waals surface area contributed by atoms with Gasteiger partial charge in [-0.2, -0.15) is 0 Å². The Morgan fingerprint density at radius 2 is 1.81 bits per heavy atom. The molecule has 3 N–H and O–H groups in total. The van der Waals surface area contributed by atoms with Crippen LogP contribution in [0.2, 0.25) is 0 Å². The van der Waals surface area contributed by atoms with E-state index in [4.69, 9.17) is 5.73 Å². The first-order chi connectivity index (χ1) is 7.86. The molecule has 2 heteroatoms. The first-order valence-corrected chi connectivity index (χ1v) is 5.80. The van der Waals surface area contributed by atoms with E-state index >= 15 is 0 Å². The molecule has 2 aromatic carbocycles. The van der Waals surface area contributed by atoms with E-state index in [2.05, 4.69) is 47.8 Å². The maximum Gasteiger partial charge on any atom is 0.0354 e. The molecule has 16 heavy (non-hydrogen) atoms. The molecule has 0 aromatic heterocycles. The fraction of sp³-hybridized carbons (Fsp3) is 0.286. The molecule has 1 fully saturated rings. The first kappa shape index (κ1) is 9.82. The summed E-state index contributed by atoms with van der Waals surface area (Å²) in [4.78, 5) is 0. The van der Waals surface area contributed by atoms with Gasteiger partial charge < -0.3 is 11.1 Å². The second-order valence-corrected chi connectivity index (χ2v) is 4.51. The fourth-order valence-electron chi connectivity index (χ4n) is 2.36. The van der Waals surface area contributed by atoms with Crippen LogP contribution < -0.4 is 11.1 Å². The topological polar surface area (TPSA) is 38.0 Å². The monoisotopic (exact) mass is 212 g/mol. The molecule has 82 valence electrons. The third-order valence-electron chi connectivity index (χ3n) is 3.50. The summed E-state index contributed by atoms with van der Waals surface area (Å²) in [5.41, 5.74) is 7.61. The number of fused-ring (bicyclic) bond motifs is 1. The molecule has 2 nitrogen and oxygen atoms in total. The fourth-order valence-corrected chi connectivity index (χ4v) is 2.36. The minimum Gasteiger partial charge on any atom is -0.324 e. The Balaban J connectivity index is 2.08. The number of nitrogens with one attached hydrogen (secondary N) is 1. The lowest BCUT2D eigenvalue weighted by atomic mass is 9.87. The van der Waals surface area contributed by atoms with E-state index in [0.717, 1.165) is 13.1 Å². The van der Waals surface area contributed by atoms with Crippen LogP contribution in [0.5, 0.6) is 0 Å². The summed E-state index contributed by atoms with van der Waals surface area (Å²) >= 11 is 0. The SMILES string of the molecule is NC(c1cccc2ccccc12)C1CNC1. The Hall–Kier alpha value is -1.38. The van der Waals surface area contributed by atoms with Gasteiger partial charge in [0.25, 0.3) is 0 Å². The van der Waals surface area contributed by atoms with Crippen molar-refractivity contribution < 1.29 is 0 Å². The molecular formula is C14H16N2. The lowest BCUT2D eigenvalue weighted by Gasteiger charge is -2.33. The molecule has 1 atom stereocenters. The summed E-state index contributed by atoms with van der Waals surface area (Å²) in [6.07, 6.45) is 0. The van der Waals surface area contributed by atoms with Gasteiger partial charge in [-0.05, 0) is 16.3 Å². The molecule has 1 aliphatic rings. The zero-order chi connectivity index (χ0) is 11.0. The van der Waals surface area contributed by atoms with Gasteiger partial charge in [0.05, 0.1) is 0 Å². The Bertz CT molecular complexity index is 498. The second-order valence-electron chi connectivity index (χ2n) is 4.51. The summed E-state index contributed by atoms with van der Waals surface area (Å²) in [6, 6.07) is 15.0. The Kier molecular flexibility index (Phi) is 2.39. The molecule has 0 radical (unpaired) electrons. The van der Waals surface area contributed by atoms with E-state index in [1.54, 1.807) is 0 Å². The largest absolute Gasteiger partial charge is 0.324 e. The zero-order valence-electron chi connectivity index (χ0n) is 9.19. The van der Waals surface area contributed by atoms with Crippen LogP contribution >= 0.6 is 0 Å². The second kappa shape index (κ2) is 3.89. The molecule has 0 saturated carbocycles. The molecule has 1 heterocycles. The van der Waals surface area contributed by atoms with Gasteiger partial charge in [-0.15, -0.1) is 0 Å². The van der Waals surface area contributed by atoms with Crippen molar-refractivity contribution in [3.05, 3.63) is 48.0 Å². The van der Waals surface area contributed by atoms with Crippen molar-refractivity contribution in [2.45, 2.75) is 6.04 Å². The molecule has 2 aromatic rings. The number of nitrogens with two attached hydrogens (primary N) is 1. The number of hydrogen-bond donors (Lipinski definition) is 2. The predicted molar refractivity (Wildman–Crippen MR) is 67.2 cm³/mol. The highest BCUT2D eigenvalue weighted by Crippen LogP contribution is 2.28. The maximum absolute atomic E-state index is 6.33. The van der Waals surface area contributed by atoms with Gasteiger partial charge in [0.1, 0.15) is 0 Å². The summed E-state index contributed by atoms with van der Waals surface area (Å²) in [5, 5.41) is 5.86. The smallest absolute Gasteiger partial charge is 0.0354 e. The molecule has 0 amide bonds. The summed E-state index contributed by atoms with van der Waals surface area (Å²) in [5.74, 6) is 0.589. The van der Waals surface area contributed by atoms with Crippen LogP contribution in [0.15, 0.2) is 42.5 Å². The van der Waals surface area contributed by atoms with Crippen LogP contribution in [0.1, 0.15) is 11.6 Å². The predicted octanol–water partition coefficient (Wildman–Crippen LogP) is 2.06. The van der Waals surface area contributed by atoms with Crippen LogP contribution in [-0.2, 0) is 0 Å². The molecule has 1 saturated heterocycles. The van der Waals surface area contributed by atoms with Crippen LogP contribution in [0.25, 0.3) is 10.8 Å². The van der Waals surface area contributed by atoms with Crippen molar-refractivity contribution in [1.29, 1.82) is 0 Å². The van der Waals surface area contributed by atoms with Gasteiger partial charge in [-0.1, -0.05) is 42.5 Å². The highest BCUT2D eigenvalue weighted by atomic mass is 15.0. The van der Waals surface area contributed by atoms with E-state index in [9.17, 15) is 0 Å². The van der Waals surface area contributed by atoms with E-state index in [-0.39, 0.29) is 6.04 Å². The van der Waals surface area contributed by atoms with E-state index < -0.39 is 0 Å². The van der Waals surface area contributed by atoms with Gasteiger partial charge in [-0.3, -0.25) is 0 Å². The molecule has 0 bridgehead atoms. The summed E-state index contributed by atoms with van der Waals surface area (Å²) in [7, 11) is 0. The third kappa shape index (κ3) is 1.51. The van der Waals surface area contributed by atoms with E-state index in [1.807, 2.05) is 0 Å². The van der Waals surface area contributed by atoms with Crippen molar-refractivity contribution in [2.75, 3.05) is 13.1 Å². The lowest BCUT2D eigenvalue weighted by Crippen LogP contribution is -2.47. The average molecular weight is 212 g/mol. The highest BCUT2D eigenvalue weighted by molar-refractivity contribution is 5.86. The maximum atomic E-state index is 6.33. The van der Waals surface area contributed by atoms with Crippen molar-refractivity contribution in [1.82, 2.24) is 5.32 Å². The Morgan fingerprint density at radius 1 is 1.06 bits per heavy atom. The number of rotatable bonds is 2. The molecule has 1 aliphatic heterocycles. The standard InChI is InChI=1S/C14H16N2/c15-14(11-8-16-9-11)13-7-3-5-10-4-1-2-6-12(10)13/h1-7,11,14,16H,8-9,15H2. The van der Waals surface area contributed by atoms with Crippen molar-refractivity contribution in [3.63, 3.8) is 0 Å². The van der Waals surface area contributed by atoms with E-state index in [0.29, 0.717) is 5.92 Å². The first-order valence-electron chi connectivity index (χ1n) is 5.80. The minimum atomic E-state index is 0.160. The third-order valence-corrected chi connectivity index (χ3v) is 3.50. The molecule has 0 aliphatic carbocycles. The molecule has 1 unspecified atom stereocenters. The van der Waals surface area contributed by atoms with E-state index in [1.165, 1.54) is 16.3 Å². The number of benzene rings is 2. The lowest BCUT2D eigenvalue weighted by molar-refractivity contribution is 0.296. The van der Waals surface area contributed by atoms with Gasteiger partial charge >= 0.3 is 0 Å². The van der Waals surface area contributed by atoms with Gasteiger partial charge in [0, 0.05) is 25.0 Å². The average Bonchev–Trinajstić information content (AvgIpc) is 2.26. The Labute approximate surface area is 95.5 Å². The van der Waals surface area contributed by atoms with Crippen LogP contribution in [-0.4, -0.2) is 13.1 Å². The summed E-state index contributed by atoms with van der Waals surface area (Å²) < 4.78 is 0. The highest BCUT2D eigenvalue weighted by Gasteiger charge is 2.25. The van der Waals surface area contributed by atoms with Crippen molar-refractivity contribution >= 4 is 10.8 Å². The van der Waals surface area contributed by atoms with Crippen LogP contribution in [0.3, 0.4) is 0 Å². The Morgan fingerprint density at radius 3 is 2.56 bits per heavy atom. The molecular weight excluding hydrogens is 196 g/mol. The minimum absolute atomic E-state index is 0.160. The quantitative estimate of drug-likeness (QED) is 0.799. The molecule has 3 rings (SSSR count). The van der Waals surface area contributed by atoms with Gasteiger partial charge in [0.15, 0.2) is 0 Å². The van der Waals surface area contributed by atoms with Crippen LogP contribution in [0.4, 0.5) is 0 Å². The molecule has 0 spiro atoms. The zero-order valence-corrected chi connectivity index (χ0v) is 9.19. The number of hydrogen-bond acceptors (Lipinski definition) is 2. The van der Waals surface area contributed by atoms with Crippen LogP contribution in [0, 0.1) is 5.92 Å².